The van der Waals surface area contributed by atoms with Crippen molar-refractivity contribution in [3.05, 3.63) is 47.3 Å². The van der Waals surface area contributed by atoms with Gasteiger partial charge in [0, 0.05) is 12.7 Å². The van der Waals surface area contributed by atoms with Crippen molar-refractivity contribution in [3.63, 3.8) is 0 Å². The first-order chi connectivity index (χ1) is 8.60. The Bertz CT molecular complexity index is 511. The van der Waals surface area contributed by atoms with E-state index in [4.69, 9.17) is 0 Å². The molecule has 0 spiro atoms. The van der Waals surface area contributed by atoms with Crippen LogP contribution in [-0.4, -0.2) is 9.55 Å². The molecule has 1 heterocycles. The van der Waals surface area contributed by atoms with Gasteiger partial charge in [0.1, 0.15) is 0 Å². The highest BCUT2D eigenvalue weighted by Crippen LogP contribution is 2.19. The van der Waals surface area contributed by atoms with Crippen molar-refractivity contribution in [2.45, 2.75) is 40.3 Å². The van der Waals surface area contributed by atoms with Crippen molar-refractivity contribution in [2.24, 2.45) is 0 Å². The summed E-state index contributed by atoms with van der Waals surface area (Å²) in [5.74, 6) is 0.947. The molecule has 0 saturated carbocycles. The Morgan fingerprint density at radius 1 is 1.22 bits per heavy atom. The van der Waals surface area contributed by atoms with Crippen molar-refractivity contribution in [1.29, 1.82) is 0 Å². The first-order valence-electron chi connectivity index (χ1n) is 6.47. The van der Waals surface area contributed by atoms with Gasteiger partial charge in [0.2, 0.25) is 5.95 Å². The van der Waals surface area contributed by atoms with Gasteiger partial charge in [-0.3, -0.25) is 0 Å². The van der Waals surface area contributed by atoms with Crippen LogP contribution in [0.2, 0.25) is 0 Å². The zero-order chi connectivity index (χ0) is 13.1. The second-order valence-electron chi connectivity index (χ2n) is 4.77. The van der Waals surface area contributed by atoms with Gasteiger partial charge in [0.25, 0.3) is 0 Å². The van der Waals surface area contributed by atoms with E-state index >= 15 is 0 Å². The van der Waals surface area contributed by atoms with E-state index in [2.05, 4.69) is 66.1 Å². The molecule has 2 aromatic rings. The molecular formula is C15H21N3. The Morgan fingerprint density at radius 2 is 1.89 bits per heavy atom. The molecule has 1 aromatic heterocycles. The fourth-order valence-corrected chi connectivity index (χ4v) is 2.04. The van der Waals surface area contributed by atoms with Crippen LogP contribution in [0, 0.1) is 13.8 Å². The summed E-state index contributed by atoms with van der Waals surface area (Å²) >= 11 is 0. The standard InChI is InChI=1S/C15H21N3/c1-5-18-10-12(3)16-15(18)17-13(4)14-8-6-11(2)7-9-14/h6-10,13H,5H2,1-4H3,(H,16,17). The molecule has 0 fully saturated rings. The van der Waals surface area contributed by atoms with Gasteiger partial charge in [-0.2, -0.15) is 0 Å². The van der Waals surface area contributed by atoms with Gasteiger partial charge < -0.3 is 9.88 Å². The first-order valence-corrected chi connectivity index (χ1v) is 6.47. The predicted molar refractivity (Wildman–Crippen MR) is 75.9 cm³/mol. The predicted octanol–water partition coefficient (Wildman–Crippen LogP) is 3.69. The quantitative estimate of drug-likeness (QED) is 0.887. The molecule has 0 saturated heterocycles. The molecule has 0 radical (unpaired) electrons. The van der Waals surface area contributed by atoms with Crippen LogP contribution in [0.4, 0.5) is 5.95 Å². The SMILES string of the molecule is CCn1cc(C)nc1NC(C)c1ccc(C)cc1. The fourth-order valence-electron chi connectivity index (χ4n) is 2.04. The Hall–Kier alpha value is -1.77. The minimum Gasteiger partial charge on any atom is -0.349 e. The van der Waals surface area contributed by atoms with Crippen LogP contribution in [0.3, 0.4) is 0 Å². The molecule has 1 N–H and O–H groups in total. The molecule has 0 amide bonds. The molecule has 1 atom stereocenters. The van der Waals surface area contributed by atoms with E-state index in [-0.39, 0.29) is 6.04 Å². The topological polar surface area (TPSA) is 29.9 Å². The van der Waals surface area contributed by atoms with Crippen LogP contribution < -0.4 is 5.32 Å². The third-order valence-electron chi connectivity index (χ3n) is 3.16. The Balaban J connectivity index is 2.15. The fraction of sp³-hybridized carbons (Fsp3) is 0.400. The molecule has 3 heteroatoms. The molecule has 0 aliphatic carbocycles. The number of imidazole rings is 1. The smallest absolute Gasteiger partial charge is 0.203 e. The van der Waals surface area contributed by atoms with Crippen LogP contribution in [0.25, 0.3) is 0 Å². The number of hydrogen-bond donors (Lipinski definition) is 1. The largest absolute Gasteiger partial charge is 0.349 e. The van der Waals surface area contributed by atoms with Crippen LogP contribution >= 0.6 is 0 Å². The molecule has 0 bridgehead atoms. The number of nitrogens with one attached hydrogen (secondary N) is 1. The maximum absolute atomic E-state index is 4.52. The normalized spacial score (nSPS) is 12.4. The Morgan fingerprint density at radius 3 is 2.50 bits per heavy atom. The summed E-state index contributed by atoms with van der Waals surface area (Å²) in [6.07, 6.45) is 2.07. The second kappa shape index (κ2) is 5.25. The van der Waals surface area contributed by atoms with Gasteiger partial charge in [0.05, 0.1) is 11.7 Å². The number of aromatic nitrogens is 2. The Labute approximate surface area is 109 Å². The summed E-state index contributed by atoms with van der Waals surface area (Å²) in [6, 6.07) is 8.88. The summed E-state index contributed by atoms with van der Waals surface area (Å²) < 4.78 is 2.14. The van der Waals surface area contributed by atoms with E-state index in [1.165, 1.54) is 11.1 Å². The minimum absolute atomic E-state index is 0.262. The van der Waals surface area contributed by atoms with Crippen molar-refractivity contribution in [2.75, 3.05) is 5.32 Å². The zero-order valence-corrected chi connectivity index (χ0v) is 11.6. The van der Waals surface area contributed by atoms with Gasteiger partial charge in [-0.05, 0) is 33.3 Å². The van der Waals surface area contributed by atoms with E-state index in [1.54, 1.807) is 0 Å². The van der Waals surface area contributed by atoms with E-state index < -0.39 is 0 Å². The lowest BCUT2D eigenvalue weighted by atomic mass is 10.1. The minimum atomic E-state index is 0.262. The van der Waals surface area contributed by atoms with Gasteiger partial charge in [-0.25, -0.2) is 4.98 Å². The van der Waals surface area contributed by atoms with E-state index in [0.29, 0.717) is 0 Å². The average molecular weight is 243 g/mol. The highest BCUT2D eigenvalue weighted by Gasteiger charge is 2.09. The zero-order valence-electron chi connectivity index (χ0n) is 11.6. The third-order valence-corrected chi connectivity index (χ3v) is 3.16. The average Bonchev–Trinajstić information content (AvgIpc) is 2.70. The van der Waals surface area contributed by atoms with Crippen molar-refractivity contribution in [1.82, 2.24) is 9.55 Å². The van der Waals surface area contributed by atoms with Gasteiger partial charge in [-0.1, -0.05) is 29.8 Å². The van der Waals surface area contributed by atoms with Gasteiger partial charge in [-0.15, -0.1) is 0 Å². The summed E-state index contributed by atoms with van der Waals surface area (Å²) in [7, 11) is 0. The maximum Gasteiger partial charge on any atom is 0.203 e. The van der Waals surface area contributed by atoms with E-state index in [9.17, 15) is 0 Å². The molecule has 0 aliphatic heterocycles. The maximum atomic E-state index is 4.52. The first kappa shape index (κ1) is 12.7. The molecule has 3 nitrogen and oxygen atoms in total. The Kier molecular flexibility index (Phi) is 3.70. The number of anilines is 1. The summed E-state index contributed by atoms with van der Waals surface area (Å²) in [5, 5.41) is 3.47. The lowest BCUT2D eigenvalue weighted by Crippen LogP contribution is -2.11. The van der Waals surface area contributed by atoms with Crippen LogP contribution in [0.1, 0.15) is 36.7 Å². The number of aryl methyl sites for hydroxylation is 3. The molecular weight excluding hydrogens is 222 g/mol. The van der Waals surface area contributed by atoms with E-state index in [0.717, 1.165) is 18.2 Å². The highest BCUT2D eigenvalue weighted by atomic mass is 15.2. The van der Waals surface area contributed by atoms with E-state index in [1.807, 2.05) is 6.92 Å². The lowest BCUT2D eigenvalue weighted by Gasteiger charge is -2.16. The van der Waals surface area contributed by atoms with Crippen LogP contribution in [0.5, 0.6) is 0 Å². The lowest BCUT2D eigenvalue weighted by molar-refractivity contribution is 0.744. The number of rotatable bonds is 4. The second-order valence-corrected chi connectivity index (χ2v) is 4.77. The molecule has 1 unspecified atom stereocenters. The molecule has 0 aliphatic rings. The third kappa shape index (κ3) is 2.73. The summed E-state index contributed by atoms with van der Waals surface area (Å²) in [4.78, 5) is 4.52. The van der Waals surface area contributed by atoms with Crippen molar-refractivity contribution in [3.8, 4) is 0 Å². The summed E-state index contributed by atoms with van der Waals surface area (Å²) in [6.45, 7) is 9.35. The van der Waals surface area contributed by atoms with Gasteiger partial charge >= 0.3 is 0 Å². The molecule has 18 heavy (non-hydrogen) atoms. The number of hydrogen-bond acceptors (Lipinski definition) is 2. The molecule has 96 valence electrons. The van der Waals surface area contributed by atoms with Crippen LogP contribution in [0.15, 0.2) is 30.5 Å². The van der Waals surface area contributed by atoms with Gasteiger partial charge in [0.15, 0.2) is 0 Å². The van der Waals surface area contributed by atoms with Crippen molar-refractivity contribution < 1.29 is 0 Å². The number of nitrogens with zero attached hydrogens (tertiary/aromatic N) is 2. The molecule has 2 rings (SSSR count). The summed E-state index contributed by atoms with van der Waals surface area (Å²) in [5.41, 5.74) is 3.62. The van der Waals surface area contributed by atoms with Crippen molar-refractivity contribution >= 4 is 5.95 Å². The highest BCUT2D eigenvalue weighted by molar-refractivity contribution is 5.35. The van der Waals surface area contributed by atoms with Crippen LogP contribution in [-0.2, 0) is 6.54 Å². The monoisotopic (exact) mass is 243 g/mol. The number of benzene rings is 1. The molecule has 1 aromatic carbocycles.